The average Bonchev–Trinajstić information content (AvgIpc) is 2.48. The first-order valence-electron chi connectivity index (χ1n) is 6.64. The summed E-state index contributed by atoms with van der Waals surface area (Å²) in [6.07, 6.45) is 0. The topological polar surface area (TPSA) is 29.3 Å². The molecule has 2 aromatic carbocycles. The largest absolute Gasteiger partial charge is 0.363 e. The van der Waals surface area contributed by atoms with Gasteiger partial charge in [0.1, 0.15) is 5.82 Å². The van der Waals surface area contributed by atoms with E-state index in [-0.39, 0.29) is 11.9 Å². The monoisotopic (exact) mass is 336 g/mol. The first-order valence-corrected chi connectivity index (χ1v) is 7.43. The lowest BCUT2D eigenvalue weighted by molar-refractivity contribution is 0.562. The van der Waals surface area contributed by atoms with Crippen LogP contribution in [0.4, 0.5) is 10.1 Å². The second-order valence-corrected chi connectivity index (χ2v) is 5.45. The van der Waals surface area contributed by atoms with Crippen molar-refractivity contribution >= 4 is 21.6 Å². The summed E-state index contributed by atoms with van der Waals surface area (Å²) >= 11 is 3.40. The molecule has 0 saturated heterocycles. The highest BCUT2D eigenvalue weighted by molar-refractivity contribution is 9.10. The predicted molar refractivity (Wildman–Crippen MR) is 85.4 cm³/mol. The van der Waals surface area contributed by atoms with E-state index >= 15 is 0 Å². The van der Waals surface area contributed by atoms with Crippen molar-refractivity contribution in [3.63, 3.8) is 0 Å². The second-order valence-electron chi connectivity index (χ2n) is 4.54. The molecule has 2 N–H and O–H groups in total. The van der Waals surface area contributed by atoms with Crippen LogP contribution >= 0.6 is 15.9 Å². The fourth-order valence-electron chi connectivity index (χ4n) is 2.39. The molecule has 106 valence electrons. The number of hydrogen-bond acceptors (Lipinski definition) is 2. The van der Waals surface area contributed by atoms with Crippen LogP contribution in [0.25, 0.3) is 0 Å². The molecule has 4 heteroatoms. The third kappa shape index (κ3) is 3.19. The van der Waals surface area contributed by atoms with E-state index < -0.39 is 0 Å². The molecule has 1 atom stereocenters. The third-order valence-electron chi connectivity index (χ3n) is 3.35. The van der Waals surface area contributed by atoms with Gasteiger partial charge in [-0.15, -0.1) is 0 Å². The molecule has 0 aromatic heterocycles. The summed E-state index contributed by atoms with van der Waals surface area (Å²) in [7, 11) is 0. The zero-order valence-corrected chi connectivity index (χ0v) is 13.0. The molecular weight excluding hydrogens is 319 g/mol. The van der Waals surface area contributed by atoms with Crippen LogP contribution in [-0.4, -0.2) is 13.1 Å². The van der Waals surface area contributed by atoms with Crippen molar-refractivity contribution in [2.24, 2.45) is 5.73 Å². The summed E-state index contributed by atoms with van der Waals surface area (Å²) in [6.45, 7) is 3.17. The van der Waals surface area contributed by atoms with E-state index in [1.165, 1.54) is 6.07 Å². The maximum Gasteiger partial charge on any atom is 0.128 e. The van der Waals surface area contributed by atoms with E-state index in [9.17, 15) is 4.39 Å². The van der Waals surface area contributed by atoms with Crippen LogP contribution in [0, 0.1) is 5.82 Å². The number of rotatable bonds is 5. The molecular formula is C16H18BrFN2. The van der Waals surface area contributed by atoms with Gasteiger partial charge in [-0.1, -0.05) is 34.1 Å². The number of nitrogens with zero attached hydrogens (tertiary/aromatic N) is 1. The third-order valence-corrected chi connectivity index (χ3v) is 3.84. The summed E-state index contributed by atoms with van der Waals surface area (Å²) in [5.41, 5.74) is 7.58. The second kappa shape index (κ2) is 6.86. The highest BCUT2D eigenvalue weighted by Crippen LogP contribution is 2.29. The molecule has 20 heavy (non-hydrogen) atoms. The number of hydrogen-bond donors (Lipinski definition) is 1. The number of likely N-dealkylation sites (N-methyl/N-ethyl adjacent to an activating group) is 1. The minimum absolute atomic E-state index is 0.181. The molecule has 2 nitrogen and oxygen atoms in total. The lowest BCUT2D eigenvalue weighted by Crippen LogP contribution is -2.34. The van der Waals surface area contributed by atoms with Crippen LogP contribution in [0.2, 0.25) is 0 Å². The van der Waals surface area contributed by atoms with Crippen molar-refractivity contribution in [1.29, 1.82) is 0 Å². The Hall–Kier alpha value is -1.39. The standard InChI is InChI=1S/C16H18BrFN2/c1-2-20(13-6-4-3-5-7-13)16(11-19)14-10-12(17)8-9-15(14)18/h3-10,16H,2,11,19H2,1H3. The molecule has 0 fully saturated rings. The van der Waals surface area contributed by atoms with Gasteiger partial charge in [-0.05, 0) is 37.3 Å². The number of halogens is 2. The lowest BCUT2D eigenvalue weighted by atomic mass is 10.0. The molecule has 0 aliphatic carbocycles. The number of para-hydroxylation sites is 1. The van der Waals surface area contributed by atoms with Gasteiger partial charge >= 0.3 is 0 Å². The maximum absolute atomic E-state index is 14.1. The van der Waals surface area contributed by atoms with Crippen LogP contribution in [0.5, 0.6) is 0 Å². The van der Waals surface area contributed by atoms with Crippen LogP contribution in [0.3, 0.4) is 0 Å². The molecule has 2 rings (SSSR count). The van der Waals surface area contributed by atoms with E-state index in [2.05, 4.69) is 20.8 Å². The van der Waals surface area contributed by atoms with Crippen LogP contribution < -0.4 is 10.6 Å². The number of benzene rings is 2. The highest BCUT2D eigenvalue weighted by atomic mass is 79.9. The van der Waals surface area contributed by atoms with Crippen molar-refractivity contribution in [3.8, 4) is 0 Å². The van der Waals surface area contributed by atoms with Gasteiger partial charge in [0.05, 0.1) is 6.04 Å². The van der Waals surface area contributed by atoms with Crippen LogP contribution in [0.15, 0.2) is 53.0 Å². The van der Waals surface area contributed by atoms with Crippen molar-refractivity contribution in [2.45, 2.75) is 13.0 Å². The van der Waals surface area contributed by atoms with Gasteiger partial charge in [-0.25, -0.2) is 4.39 Å². The summed E-state index contributed by atoms with van der Waals surface area (Å²) in [4.78, 5) is 2.12. The Bertz CT molecular complexity index is 560. The van der Waals surface area contributed by atoms with Crippen molar-refractivity contribution in [1.82, 2.24) is 0 Å². The Morgan fingerprint density at radius 1 is 1.20 bits per heavy atom. The SMILES string of the molecule is CCN(c1ccccc1)C(CN)c1cc(Br)ccc1F. The summed E-state index contributed by atoms with van der Waals surface area (Å²) < 4.78 is 15.0. The molecule has 1 unspecified atom stereocenters. The summed E-state index contributed by atoms with van der Waals surface area (Å²) in [5.74, 6) is -0.224. The quantitative estimate of drug-likeness (QED) is 0.889. The van der Waals surface area contributed by atoms with Crippen molar-refractivity contribution < 1.29 is 4.39 Å². The molecule has 0 bridgehead atoms. The van der Waals surface area contributed by atoms with Gasteiger partial charge in [0.15, 0.2) is 0 Å². The van der Waals surface area contributed by atoms with Gasteiger partial charge in [-0.3, -0.25) is 0 Å². The Kier molecular flexibility index (Phi) is 5.15. The Morgan fingerprint density at radius 3 is 2.50 bits per heavy atom. The minimum Gasteiger partial charge on any atom is -0.363 e. The number of anilines is 1. The van der Waals surface area contributed by atoms with Gasteiger partial charge in [-0.2, -0.15) is 0 Å². The number of nitrogens with two attached hydrogens (primary N) is 1. The summed E-state index contributed by atoms with van der Waals surface area (Å²) in [6, 6.07) is 14.7. The zero-order valence-electron chi connectivity index (χ0n) is 11.4. The molecule has 0 saturated carbocycles. The van der Waals surface area contributed by atoms with E-state index in [1.54, 1.807) is 12.1 Å². The lowest BCUT2D eigenvalue weighted by Gasteiger charge is -2.32. The summed E-state index contributed by atoms with van der Waals surface area (Å²) in [5, 5.41) is 0. The molecule has 0 aliphatic rings. The zero-order chi connectivity index (χ0) is 14.5. The predicted octanol–water partition coefficient (Wildman–Crippen LogP) is 4.11. The van der Waals surface area contributed by atoms with Gasteiger partial charge < -0.3 is 10.6 Å². The fraction of sp³-hybridized carbons (Fsp3) is 0.250. The smallest absolute Gasteiger partial charge is 0.128 e. The molecule has 0 heterocycles. The van der Waals surface area contributed by atoms with Crippen LogP contribution in [0.1, 0.15) is 18.5 Å². The minimum atomic E-state index is -0.224. The van der Waals surface area contributed by atoms with Crippen molar-refractivity contribution in [2.75, 3.05) is 18.0 Å². The van der Waals surface area contributed by atoms with Gasteiger partial charge in [0.25, 0.3) is 0 Å². The molecule has 0 aliphatic heterocycles. The Morgan fingerprint density at radius 2 is 1.90 bits per heavy atom. The van der Waals surface area contributed by atoms with Gasteiger partial charge in [0.2, 0.25) is 0 Å². The van der Waals surface area contributed by atoms with E-state index in [1.807, 2.05) is 37.3 Å². The van der Waals surface area contributed by atoms with E-state index in [0.717, 1.165) is 16.7 Å². The van der Waals surface area contributed by atoms with Crippen LogP contribution in [-0.2, 0) is 0 Å². The molecule has 0 amide bonds. The fourth-order valence-corrected chi connectivity index (χ4v) is 2.77. The van der Waals surface area contributed by atoms with Crippen molar-refractivity contribution in [3.05, 3.63) is 64.4 Å². The first kappa shape index (κ1) is 15.0. The maximum atomic E-state index is 14.1. The first-order chi connectivity index (χ1) is 9.67. The normalized spacial score (nSPS) is 12.2. The molecule has 0 spiro atoms. The molecule has 2 aromatic rings. The van der Waals surface area contributed by atoms with E-state index in [4.69, 9.17) is 5.73 Å². The average molecular weight is 337 g/mol. The van der Waals surface area contributed by atoms with E-state index in [0.29, 0.717) is 12.1 Å². The Labute approximate surface area is 127 Å². The molecule has 0 radical (unpaired) electrons. The Balaban J connectivity index is 2.42. The van der Waals surface area contributed by atoms with Gasteiger partial charge in [0, 0.05) is 28.8 Å². The highest BCUT2D eigenvalue weighted by Gasteiger charge is 2.21.